The molecule has 0 rings (SSSR count). The van der Waals surface area contributed by atoms with Gasteiger partial charge >= 0.3 is 5.97 Å². The van der Waals surface area contributed by atoms with Gasteiger partial charge in [0.1, 0.15) is 18.6 Å². The Hall–Kier alpha value is -2.93. The van der Waals surface area contributed by atoms with Gasteiger partial charge in [-0.05, 0) is 38.1 Å². The van der Waals surface area contributed by atoms with Crippen molar-refractivity contribution in [1.82, 2.24) is 16.0 Å². The van der Waals surface area contributed by atoms with E-state index in [2.05, 4.69) is 20.9 Å². The summed E-state index contributed by atoms with van der Waals surface area (Å²) in [6.45, 7) is 3.61. The molecule has 0 heterocycles. The van der Waals surface area contributed by atoms with Crippen LogP contribution in [0.3, 0.4) is 0 Å². The van der Waals surface area contributed by atoms with Crippen LogP contribution in [0, 0.1) is 5.92 Å². The second-order valence-electron chi connectivity index (χ2n) is 7.74. The summed E-state index contributed by atoms with van der Waals surface area (Å²) in [5.41, 5.74) is 21.9. The van der Waals surface area contributed by atoms with Crippen LogP contribution in [-0.4, -0.2) is 72.5 Å². The largest absolute Gasteiger partial charge is 0.480 e. The number of aliphatic carboxylic acids is 1. The molecule has 184 valence electrons. The third-order valence-electron chi connectivity index (χ3n) is 4.55. The maximum absolute atomic E-state index is 12.9. The van der Waals surface area contributed by atoms with E-state index in [0.717, 1.165) is 6.42 Å². The van der Waals surface area contributed by atoms with Crippen molar-refractivity contribution in [3.8, 4) is 0 Å². The number of guanidine groups is 1. The quantitative estimate of drug-likeness (QED) is 0.0681. The number of carboxylic acid groups (broad SMARTS) is 1. The molecule has 0 spiro atoms. The molecule has 0 aromatic rings. The van der Waals surface area contributed by atoms with Gasteiger partial charge in [-0.15, -0.1) is 0 Å². The number of unbranched alkanes of at least 4 members (excludes halogenated alkanes) is 1. The Balaban J connectivity index is 5.16. The highest BCUT2D eigenvalue weighted by atomic mass is 16.4. The molecule has 3 unspecified atom stereocenters. The Morgan fingerprint density at radius 3 is 2.12 bits per heavy atom. The number of nitrogens with two attached hydrogens (primary N) is 4. The molecule has 0 fully saturated rings. The molecule has 0 aliphatic rings. The first-order chi connectivity index (χ1) is 15.0. The average Bonchev–Trinajstić information content (AvgIpc) is 2.71. The number of rotatable bonds is 16. The van der Waals surface area contributed by atoms with Gasteiger partial charge in [0.2, 0.25) is 17.7 Å². The molecule has 0 saturated carbocycles. The lowest BCUT2D eigenvalue weighted by molar-refractivity contribution is -0.138. The molecule has 0 aliphatic carbocycles. The molecule has 0 saturated heterocycles. The van der Waals surface area contributed by atoms with E-state index in [4.69, 9.17) is 28.0 Å². The Labute approximate surface area is 188 Å². The van der Waals surface area contributed by atoms with Crippen LogP contribution in [0.25, 0.3) is 0 Å². The van der Waals surface area contributed by atoms with E-state index in [1.54, 1.807) is 13.8 Å². The van der Waals surface area contributed by atoms with Crippen molar-refractivity contribution in [2.24, 2.45) is 33.8 Å². The van der Waals surface area contributed by atoms with Crippen LogP contribution in [0.1, 0.15) is 46.0 Å². The highest BCUT2D eigenvalue weighted by molar-refractivity contribution is 5.93. The number of nitrogens with one attached hydrogen (secondary N) is 3. The Morgan fingerprint density at radius 1 is 0.938 bits per heavy atom. The number of hydrogen-bond donors (Lipinski definition) is 8. The minimum absolute atomic E-state index is 0.105. The Bertz CT molecular complexity index is 652. The number of hydrogen-bond acceptors (Lipinski definition) is 7. The first-order valence-electron chi connectivity index (χ1n) is 10.6. The van der Waals surface area contributed by atoms with Gasteiger partial charge in [0, 0.05) is 6.54 Å². The second kappa shape index (κ2) is 15.8. The van der Waals surface area contributed by atoms with Gasteiger partial charge in [-0.3, -0.25) is 24.2 Å². The lowest BCUT2D eigenvalue weighted by Crippen LogP contribution is -2.57. The number of nitrogens with zero attached hydrogens (tertiary/aromatic N) is 1. The molecule has 13 heteroatoms. The lowest BCUT2D eigenvalue weighted by atomic mass is 10.0. The fourth-order valence-corrected chi connectivity index (χ4v) is 2.75. The molecule has 0 bridgehead atoms. The molecule has 0 radical (unpaired) electrons. The van der Waals surface area contributed by atoms with E-state index in [-0.39, 0.29) is 24.8 Å². The van der Waals surface area contributed by atoms with Crippen molar-refractivity contribution in [3.05, 3.63) is 0 Å². The first kappa shape index (κ1) is 29.1. The zero-order valence-corrected chi connectivity index (χ0v) is 18.8. The highest BCUT2D eigenvalue weighted by Gasteiger charge is 2.30. The average molecular weight is 459 g/mol. The summed E-state index contributed by atoms with van der Waals surface area (Å²) >= 11 is 0. The number of amides is 3. The van der Waals surface area contributed by atoms with Crippen molar-refractivity contribution in [2.75, 3.05) is 19.6 Å². The van der Waals surface area contributed by atoms with E-state index < -0.39 is 48.4 Å². The third kappa shape index (κ3) is 12.7. The van der Waals surface area contributed by atoms with Crippen LogP contribution in [0.2, 0.25) is 0 Å². The molecular formula is C19H38N8O5. The second-order valence-corrected chi connectivity index (χ2v) is 7.74. The first-order valence-corrected chi connectivity index (χ1v) is 10.6. The van der Waals surface area contributed by atoms with Gasteiger partial charge < -0.3 is 44.0 Å². The van der Waals surface area contributed by atoms with Crippen LogP contribution in [0.5, 0.6) is 0 Å². The fourth-order valence-electron chi connectivity index (χ4n) is 2.75. The molecule has 0 aliphatic heterocycles. The summed E-state index contributed by atoms with van der Waals surface area (Å²) in [6.07, 6.45) is 2.37. The van der Waals surface area contributed by atoms with Crippen molar-refractivity contribution in [2.45, 2.75) is 64.1 Å². The Kier molecular flexibility index (Phi) is 14.4. The predicted octanol–water partition coefficient (Wildman–Crippen LogP) is -2.68. The number of carboxylic acids is 1. The third-order valence-corrected chi connectivity index (χ3v) is 4.55. The van der Waals surface area contributed by atoms with Crippen molar-refractivity contribution < 1.29 is 24.3 Å². The van der Waals surface area contributed by atoms with E-state index in [9.17, 15) is 19.2 Å². The topological polar surface area (TPSA) is 241 Å². The van der Waals surface area contributed by atoms with Crippen molar-refractivity contribution in [1.29, 1.82) is 0 Å². The zero-order valence-electron chi connectivity index (χ0n) is 18.8. The van der Waals surface area contributed by atoms with E-state index in [1.807, 2.05) is 0 Å². The van der Waals surface area contributed by atoms with Gasteiger partial charge in [-0.2, -0.15) is 0 Å². The standard InChI is InChI=1S/C19H38N8O5/c1-11(2)15(27-16(30)12(21)6-3-4-8-20)18(32)26-13(7-5-9-24-19(22)23)17(31)25-10-14(28)29/h11-13,15H,3-10,20-21H2,1-2H3,(H,25,31)(H,26,32)(H,27,30)(H,28,29)(H4,22,23,24). The van der Waals surface area contributed by atoms with Crippen LogP contribution in [-0.2, 0) is 19.2 Å². The highest BCUT2D eigenvalue weighted by Crippen LogP contribution is 2.07. The summed E-state index contributed by atoms with van der Waals surface area (Å²) in [7, 11) is 0. The molecule has 12 N–H and O–H groups in total. The SMILES string of the molecule is CC(C)C(NC(=O)C(N)CCCCN)C(=O)NC(CCCN=C(N)N)C(=O)NCC(=O)O. The van der Waals surface area contributed by atoms with Gasteiger partial charge in [0.15, 0.2) is 5.96 Å². The summed E-state index contributed by atoms with van der Waals surface area (Å²) in [5, 5.41) is 16.2. The van der Waals surface area contributed by atoms with Crippen LogP contribution in [0.4, 0.5) is 0 Å². The molecule has 3 atom stereocenters. The molecule has 13 nitrogen and oxygen atoms in total. The number of carbonyl (C=O) groups excluding carboxylic acids is 3. The van der Waals surface area contributed by atoms with E-state index in [1.165, 1.54) is 0 Å². The summed E-state index contributed by atoms with van der Waals surface area (Å²) in [4.78, 5) is 52.2. The molecule has 0 aromatic heterocycles. The van der Waals surface area contributed by atoms with Crippen molar-refractivity contribution >= 4 is 29.7 Å². The maximum Gasteiger partial charge on any atom is 0.322 e. The van der Waals surface area contributed by atoms with Gasteiger partial charge in [0.05, 0.1) is 6.04 Å². The zero-order chi connectivity index (χ0) is 24.7. The minimum atomic E-state index is -1.22. The fraction of sp³-hybridized carbons (Fsp3) is 0.737. The normalized spacial score (nSPS) is 13.5. The minimum Gasteiger partial charge on any atom is -0.480 e. The molecular weight excluding hydrogens is 420 g/mol. The van der Waals surface area contributed by atoms with Gasteiger partial charge in [-0.25, -0.2) is 0 Å². The number of carbonyl (C=O) groups is 4. The number of aliphatic imine (C=N–C) groups is 1. The molecule has 0 aromatic carbocycles. The smallest absolute Gasteiger partial charge is 0.322 e. The lowest BCUT2D eigenvalue weighted by Gasteiger charge is -2.26. The van der Waals surface area contributed by atoms with Gasteiger partial charge in [0.25, 0.3) is 0 Å². The monoisotopic (exact) mass is 458 g/mol. The maximum atomic E-state index is 12.9. The molecule has 32 heavy (non-hydrogen) atoms. The van der Waals surface area contributed by atoms with Crippen molar-refractivity contribution in [3.63, 3.8) is 0 Å². The molecule has 3 amide bonds. The summed E-state index contributed by atoms with van der Waals surface area (Å²) in [5.74, 6) is -3.35. The predicted molar refractivity (Wildman–Crippen MR) is 120 cm³/mol. The summed E-state index contributed by atoms with van der Waals surface area (Å²) < 4.78 is 0. The van der Waals surface area contributed by atoms with E-state index in [0.29, 0.717) is 25.8 Å². The van der Waals surface area contributed by atoms with Crippen LogP contribution in [0.15, 0.2) is 4.99 Å². The van der Waals surface area contributed by atoms with Crippen LogP contribution < -0.4 is 38.9 Å². The Morgan fingerprint density at radius 2 is 1.59 bits per heavy atom. The van der Waals surface area contributed by atoms with E-state index >= 15 is 0 Å². The van der Waals surface area contributed by atoms with Gasteiger partial charge in [-0.1, -0.05) is 20.3 Å². The van der Waals surface area contributed by atoms with Crippen LogP contribution >= 0.6 is 0 Å². The summed E-state index contributed by atoms with van der Waals surface area (Å²) in [6, 6.07) is -2.76.